The number of rotatable bonds is 2. The van der Waals surface area contributed by atoms with Crippen molar-refractivity contribution in [3.63, 3.8) is 0 Å². The first-order chi connectivity index (χ1) is 7.79. The largest absolute Gasteiger partial charge is 0.256 e. The van der Waals surface area contributed by atoms with Crippen molar-refractivity contribution >= 4 is 11.6 Å². The van der Waals surface area contributed by atoms with Crippen LogP contribution in [0.15, 0.2) is 42.4 Å². The zero-order valence-corrected chi connectivity index (χ0v) is 9.28. The van der Waals surface area contributed by atoms with Gasteiger partial charge < -0.3 is 0 Å². The second kappa shape index (κ2) is 4.88. The van der Waals surface area contributed by atoms with Gasteiger partial charge in [-0.1, -0.05) is 12.1 Å². The Labute approximate surface area is 95.0 Å². The Morgan fingerprint density at radius 1 is 1.38 bits per heavy atom. The Bertz CT molecular complexity index is 452. The number of halogens is 1. The molecule has 0 amide bonds. The summed E-state index contributed by atoms with van der Waals surface area (Å²) in [5.74, 6) is -0.140. The molecule has 0 unspecified atom stereocenters. The quantitative estimate of drug-likeness (QED) is 0.722. The molecule has 16 heavy (non-hydrogen) atoms. The highest BCUT2D eigenvalue weighted by Gasteiger charge is 2.07. The molecule has 2 rings (SSSR count). The third kappa shape index (κ3) is 2.45. The predicted octanol–water partition coefficient (Wildman–Crippen LogP) is 4.15. The van der Waals surface area contributed by atoms with Gasteiger partial charge in [-0.2, -0.15) is 0 Å². The Balaban J connectivity index is 2.25. The minimum atomic E-state index is -0.140. The fourth-order valence-electron chi connectivity index (χ4n) is 1.76. The lowest BCUT2D eigenvalue weighted by molar-refractivity contribution is 0.654. The van der Waals surface area contributed by atoms with Crippen molar-refractivity contribution in [1.82, 2.24) is 4.98 Å². The molecule has 1 aliphatic carbocycles. The molecule has 0 saturated heterocycles. The summed E-state index contributed by atoms with van der Waals surface area (Å²) in [4.78, 5) is 4.30. The van der Waals surface area contributed by atoms with Gasteiger partial charge in [-0.05, 0) is 55.2 Å². The Hall–Kier alpha value is -1.70. The molecule has 1 heterocycles. The van der Waals surface area contributed by atoms with Gasteiger partial charge in [0.1, 0.15) is 5.83 Å². The zero-order valence-electron chi connectivity index (χ0n) is 9.28. The molecule has 2 heteroatoms. The van der Waals surface area contributed by atoms with Crippen molar-refractivity contribution in [2.45, 2.75) is 19.8 Å². The molecular formula is C14H14FN. The number of hydrogen-bond acceptors (Lipinski definition) is 1. The molecule has 0 spiro atoms. The van der Waals surface area contributed by atoms with Gasteiger partial charge in [0.2, 0.25) is 0 Å². The zero-order chi connectivity index (χ0) is 11.4. The molecule has 1 aromatic rings. The van der Waals surface area contributed by atoms with Crippen LogP contribution in [0.2, 0.25) is 0 Å². The number of pyridine rings is 1. The summed E-state index contributed by atoms with van der Waals surface area (Å²) in [6, 6.07) is 3.94. The topological polar surface area (TPSA) is 12.9 Å². The standard InChI is InChI=1S/C14H14FN/c1-2-4-14-8-7-12(10-16-14)11-5-3-6-13(15)9-11/h2,4,6-10H,3,5H2,1H3. The minimum Gasteiger partial charge on any atom is -0.256 e. The van der Waals surface area contributed by atoms with Crippen LogP contribution in [0.1, 0.15) is 31.0 Å². The van der Waals surface area contributed by atoms with Gasteiger partial charge >= 0.3 is 0 Å². The summed E-state index contributed by atoms with van der Waals surface area (Å²) in [5.41, 5.74) is 2.97. The van der Waals surface area contributed by atoms with E-state index in [0.717, 1.165) is 29.7 Å². The van der Waals surface area contributed by atoms with Crippen molar-refractivity contribution in [1.29, 1.82) is 0 Å². The first-order valence-electron chi connectivity index (χ1n) is 5.45. The molecule has 82 valence electrons. The second-order valence-corrected chi connectivity index (χ2v) is 3.77. The third-order valence-electron chi connectivity index (χ3n) is 2.56. The van der Waals surface area contributed by atoms with Crippen LogP contribution in [-0.2, 0) is 0 Å². The molecule has 1 nitrogen and oxygen atoms in total. The highest BCUT2D eigenvalue weighted by atomic mass is 19.1. The van der Waals surface area contributed by atoms with E-state index in [1.165, 1.54) is 0 Å². The van der Waals surface area contributed by atoms with Crippen molar-refractivity contribution in [2.75, 3.05) is 0 Å². The first kappa shape index (κ1) is 10.8. The van der Waals surface area contributed by atoms with Gasteiger partial charge in [-0.25, -0.2) is 4.39 Å². The van der Waals surface area contributed by atoms with E-state index in [9.17, 15) is 4.39 Å². The van der Waals surface area contributed by atoms with Crippen LogP contribution in [0.25, 0.3) is 11.6 Å². The average Bonchev–Trinajstić information content (AvgIpc) is 2.30. The lowest BCUT2D eigenvalue weighted by atomic mass is 9.98. The molecule has 0 aliphatic heterocycles. The average molecular weight is 215 g/mol. The molecule has 0 bridgehead atoms. The van der Waals surface area contributed by atoms with Crippen LogP contribution in [0.3, 0.4) is 0 Å². The lowest BCUT2D eigenvalue weighted by Gasteiger charge is -2.09. The van der Waals surface area contributed by atoms with Gasteiger partial charge in [0.15, 0.2) is 0 Å². The summed E-state index contributed by atoms with van der Waals surface area (Å²) in [5, 5.41) is 0. The maximum absolute atomic E-state index is 13.1. The van der Waals surface area contributed by atoms with Crippen molar-refractivity contribution in [2.24, 2.45) is 0 Å². The number of nitrogens with zero attached hydrogens (tertiary/aromatic N) is 1. The van der Waals surface area contributed by atoms with E-state index in [0.29, 0.717) is 0 Å². The van der Waals surface area contributed by atoms with E-state index in [1.807, 2.05) is 31.2 Å². The Morgan fingerprint density at radius 2 is 2.25 bits per heavy atom. The normalized spacial score (nSPS) is 16.1. The summed E-state index contributed by atoms with van der Waals surface area (Å²) < 4.78 is 13.1. The summed E-state index contributed by atoms with van der Waals surface area (Å²) in [6.45, 7) is 1.96. The van der Waals surface area contributed by atoms with E-state index in [-0.39, 0.29) is 5.83 Å². The van der Waals surface area contributed by atoms with Crippen LogP contribution in [-0.4, -0.2) is 4.98 Å². The highest BCUT2D eigenvalue weighted by molar-refractivity contribution is 5.68. The van der Waals surface area contributed by atoms with Gasteiger partial charge in [0, 0.05) is 6.20 Å². The molecule has 0 N–H and O–H groups in total. The highest BCUT2D eigenvalue weighted by Crippen LogP contribution is 2.26. The molecule has 1 aromatic heterocycles. The SMILES string of the molecule is CC=Cc1ccc(C2=CC(F)=CCC2)cn1. The van der Waals surface area contributed by atoms with Crippen LogP contribution < -0.4 is 0 Å². The smallest absolute Gasteiger partial charge is 0.119 e. The lowest BCUT2D eigenvalue weighted by Crippen LogP contribution is -1.92. The number of allylic oxidation sites excluding steroid dienone is 5. The summed E-state index contributed by atoms with van der Waals surface area (Å²) in [7, 11) is 0. The van der Waals surface area contributed by atoms with Crippen molar-refractivity contribution < 1.29 is 4.39 Å². The van der Waals surface area contributed by atoms with Gasteiger partial charge in [0.25, 0.3) is 0 Å². The number of hydrogen-bond donors (Lipinski definition) is 0. The first-order valence-corrected chi connectivity index (χ1v) is 5.45. The maximum atomic E-state index is 13.1. The van der Waals surface area contributed by atoms with E-state index in [1.54, 1.807) is 18.3 Å². The number of aromatic nitrogens is 1. The molecule has 0 saturated carbocycles. The van der Waals surface area contributed by atoms with E-state index < -0.39 is 0 Å². The second-order valence-electron chi connectivity index (χ2n) is 3.77. The predicted molar refractivity (Wildman–Crippen MR) is 65.3 cm³/mol. The molecule has 0 aromatic carbocycles. The van der Waals surface area contributed by atoms with E-state index in [4.69, 9.17) is 0 Å². The summed E-state index contributed by atoms with van der Waals surface area (Å²) in [6.07, 6.45) is 10.6. The third-order valence-corrected chi connectivity index (χ3v) is 2.56. The van der Waals surface area contributed by atoms with Crippen molar-refractivity contribution in [3.05, 3.63) is 53.6 Å². The molecular weight excluding hydrogens is 201 g/mol. The fourth-order valence-corrected chi connectivity index (χ4v) is 1.76. The molecule has 0 radical (unpaired) electrons. The molecule has 1 aliphatic rings. The van der Waals surface area contributed by atoms with E-state index >= 15 is 0 Å². The van der Waals surface area contributed by atoms with Gasteiger partial charge in [-0.15, -0.1) is 0 Å². The van der Waals surface area contributed by atoms with E-state index in [2.05, 4.69) is 4.98 Å². The van der Waals surface area contributed by atoms with Gasteiger partial charge in [0.05, 0.1) is 5.69 Å². The van der Waals surface area contributed by atoms with Crippen LogP contribution in [0, 0.1) is 0 Å². The Kier molecular flexibility index (Phi) is 3.30. The van der Waals surface area contributed by atoms with Crippen LogP contribution >= 0.6 is 0 Å². The van der Waals surface area contributed by atoms with Gasteiger partial charge in [-0.3, -0.25) is 4.98 Å². The monoisotopic (exact) mass is 215 g/mol. The Morgan fingerprint density at radius 3 is 2.88 bits per heavy atom. The summed E-state index contributed by atoms with van der Waals surface area (Å²) >= 11 is 0. The van der Waals surface area contributed by atoms with Crippen molar-refractivity contribution in [3.8, 4) is 0 Å². The van der Waals surface area contributed by atoms with Crippen LogP contribution in [0.4, 0.5) is 4.39 Å². The molecule has 0 atom stereocenters. The maximum Gasteiger partial charge on any atom is 0.119 e. The van der Waals surface area contributed by atoms with Crippen LogP contribution in [0.5, 0.6) is 0 Å². The minimum absolute atomic E-state index is 0.140. The molecule has 0 fully saturated rings. The fraction of sp³-hybridized carbons (Fsp3) is 0.214.